The molecule has 1 aromatic heterocycles. The lowest BCUT2D eigenvalue weighted by molar-refractivity contribution is -0.142. The molecule has 0 spiro atoms. The maximum atomic E-state index is 12.7. The van der Waals surface area contributed by atoms with Gasteiger partial charge >= 0.3 is 11.9 Å². The Morgan fingerprint density at radius 3 is 2.15 bits per heavy atom. The molecule has 33 heavy (non-hydrogen) atoms. The van der Waals surface area contributed by atoms with Crippen molar-refractivity contribution in [2.45, 2.75) is 56.8 Å². The average Bonchev–Trinajstić information content (AvgIpc) is 3.22. The fraction of sp³-hybridized carbons (Fsp3) is 0.500. The number of hydrogen-bond donors (Lipinski definition) is 8. The topological polar surface area (TPSA) is 260 Å². The van der Waals surface area contributed by atoms with Gasteiger partial charge in [0.1, 0.15) is 18.1 Å². The molecule has 1 aromatic rings. The zero-order chi connectivity index (χ0) is 25.1. The fourth-order valence-electron chi connectivity index (χ4n) is 2.60. The summed E-state index contributed by atoms with van der Waals surface area (Å²) in [7, 11) is 0. The molecular formula is C18H27N7O8. The van der Waals surface area contributed by atoms with Crippen LogP contribution in [0.1, 0.15) is 31.9 Å². The summed E-state index contributed by atoms with van der Waals surface area (Å²) in [5.74, 6) is -6.33. The second kappa shape index (κ2) is 12.7. The Morgan fingerprint density at radius 2 is 1.64 bits per heavy atom. The van der Waals surface area contributed by atoms with Gasteiger partial charge in [0.05, 0.1) is 18.8 Å². The van der Waals surface area contributed by atoms with E-state index >= 15 is 0 Å². The number of carboxylic acid groups (broad SMARTS) is 2. The third-order valence-electron chi connectivity index (χ3n) is 4.38. The van der Waals surface area contributed by atoms with Gasteiger partial charge in [0.15, 0.2) is 0 Å². The van der Waals surface area contributed by atoms with Crippen molar-refractivity contribution >= 4 is 35.6 Å². The number of aromatic nitrogens is 2. The van der Waals surface area contributed by atoms with Crippen LogP contribution in [0.2, 0.25) is 0 Å². The van der Waals surface area contributed by atoms with Gasteiger partial charge in [0, 0.05) is 24.7 Å². The van der Waals surface area contributed by atoms with E-state index in [-0.39, 0.29) is 12.8 Å². The van der Waals surface area contributed by atoms with Crippen molar-refractivity contribution < 1.29 is 39.0 Å². The summed E-state index contributed by atoms with van der Waals surface area (Å²) >= 11 is 0. The summed E-state index contributed by atoms with van der Waals surface area (Å²) in [6, 6.07) is -5.40. The first-order valence-electron chi connectivity index (χ1n) is 9.77. The minimum absolute atomic E-state index is 0.0545. The van der Waals surface area contributed by atoms with Crippen LogP contribution >= 0.6 is 0 Å². The number of nitrogens with one attached hydrogen (secondary N) is 4. The highest BCUT2D eigenvalue weighted by Gasteiger charge is 2.30. The molecule has 4 unspecified atom stereocenters. The molecule has 182 valence electrons. The fourth-order valence-corrected chi connectivity index (χ4v) is 2.60. The van der Waals surface area contributed by atoms with Gasteiger partial charge in [-0.1, -0.05) is 0 Å². The minimum atomic E-state index is -1.56. The van der Waals surface area contributed by atoms with Crippen molar-refractivity contribution in [2.75, 3.05) is 0 Å². The highest BCUT2D eigenvalue weighted by atomic mass is 16.4. The van der Waals surface area contributed by atoms with Crippen LogP contribution in [0.4, 0.5) is 0 Å². The summed E-state index contributed by atoms with van der Waals surface area (Å²) < 4.78 is 0. The molecular weight excluding hydrogens is 442 g/mol. The Bertz CT molecular complexity index is 873. The predicted octanol–water partition coefficient (Wildman–Crippen LogP) is -3.42. The van der Waals surface area contributed by atoms with Crippen LogP contribution in [0.3, 0.4) is 0 Å². The first kappa shape index (κ1) is 27.0. The zero-order valence-corrected chi connectivity index (χ0v) is 17.7. The molecule has 0 radical (unpaired) electrons. The van der Waals surface area contributed by atoms with E-state index in [0.29, 0.717) is 5.69 Å². The molecule has 0 saturated heterocycles. The SMILES string of the molecule is CC(NC(=O)C(CC(N)=O)NC(=O)C(CCC(=O)O)NC(=O)C(N)Cc1cnc[nH]1)C(=O)O. The van der Waals surface area contributed by atoms with E-state index in [1.165, 1.54) is 19.4 Å². The van der Waals surface area contributed by atoms with Gasteiger partial charge < -0.3 is 42.6 Å². The van der Waals surface area contributed by atoms with Crippen molar-refractivity contribution in [3.8, 4) is 0 Å². The van der Waals surface area contributed by atoms with E-state index in [2.05, 4.69) is 25.9 Å². The van der Waals surface area contributed by atoms with E-state index in [9.17, 15) is 28.8 Å². The number of aromatic amines is 1. The number of carboxylic acids is 2. The Labute approximate surface area is 187 Å². The number of hydrogen-bond acceptors (Lipinski definition) is 8. The monoisotopic (exact) mass is 469 g/mol. The van der Waals surface area contributed by atoms with Crippen LogP contribution < -0.4 is 27.4 Å². The molecule has 15 nitrogen and oxygen atoms in total. The summed E-state index contributed by atoms with van der Waals surface area (Å²) in [4.78, 5) is 77.2. The van der Waals surface area contributed by atoms with Crippen LogP contribution in [0, 0.1) is 0 Å². The number of primary amides is 1. The number of carbonyl (C=O) groups excluding carboxylic acids is 4. The lowest BCUT2D eigenvalue weighted by Crippen LogP contribution is -2.57. The van der Waals surface area contributed by atoms with E-state index in [1.54, 1.807) is 0 Å². The molecule has 0 aliphatic carbocycles. The summed E-state index contributed by atoms with van der Waals surface area (Å²) in [6.45, 7) is 1.17. The third kappa shape index (κ3) is 9.77. The summed E-state index contributed by atoms with van der Waals surface area (Å²) in [6.07, 6.45) is 1.38. The van der Waals surface area contributed by atoms with E-state index in [0.717, 1.165) is 0 Å². The van der Waals surface area contributed by atoms with Crippen LogP contribution in [-0.2, 0) is 35.2 Å². The van der Waals surface area contributed by atoms with Crippen LogP contribution in [0.25, 0.3) is 0 Å². The number of imidazole rings is 1. The molecule has 0 bridgehead atoms. The van der Waals surface area contributed by atoms with Crippen molar-refractivity contribution in [3.63, 3.8) is 0 Å². The maximum Gasteiger partial charge on any atom is 0.325 e. The molecule has 0 fully saturated rings. The maximum absolute atomic E-state index is 12.7. The first-order valence-corrected chi connectivity index (χ1v) is 9.77. The molecule has 0 saturated carbocycles. The molecule has 1 heterocycles. The largest absolute Gasteiger partial charge is 0.481 e. The normalized spacial score (nSPS) is 14.2. The molecule has 10 N–H and O–H groups in total. The second-order valence-electron chi connectivity index (χ2n) is 7.18. The van der Waals surface area contributed by atoms with Gasteiger partial charge in [-0.2, -0.15) is 0 Å². The molecule has 1 rings (SSSR count). The lowest BCUT2D eigenvalue weighted by atomic mass is 10.1. The minimum Gasteiger partial charge on any atom is -0.481 e. The predicted molar refractivity (Wildman–Crippen MR) is 110 cm³/mol. The molecule has 15 heteroatoms. The Balaban J connectivity index is 2.92. The number of aliphatic carboxylic acids is 2. The number of nitrogens with zero attached hydrogens (tertiary/aromatic N) is 1. The van der Waals surface area contributed by atoms with Crippen molar-refractivity contribution in [1.29, 1.82) is 0 Å². The summed E-state index contributed by atoms with van der Waals surface area (Å²) in [5.41, 5.74) is 11.5. The average molecular weight is 469 g/mol. The molecule has 0 aromatic carbocycles. The van der Waals surface area contributed by atoms with Gasteiger partial charge in [-0.05, 0) is 13.3 Å². The van der Waals surface area contributed by atoms with Gasteiger partial charge in [0.25, 0.3) is 0 Å². The number of H-pyrrole nitrogens is 1. The Morgan fingerprint density at radius 1 is 1.03 bits per heavy atom. The molecule has 4 amide bonds. The highest BCUT2D eigenvalue weighted by molar-refractivity contribution is 5.96. The van der Waals surface area contributed by atoms with Crippen molar-refractivity contribution in [3.05, 3.63) is 18.2 Å². The number of amides is 4. The first-order chi connectivity index (χ1) is 15.4. The quantitative estimate of drug-likeness (QED) is 0.134. The summed E-state index contributed by atoms with van der Waals surface area (Å²) in [5, 5.41) is 24.5. The van der Waals surface area contributed by atoms with Crippen molar-refractivity contribution in [2.24, 2.45) is 11.5 Å². The highest BCUT2D eigenvalue weighted by Crippen LogP contribution is 2.04. The van der Waals surface area contributed by atoms with Gasteiger partial charge in [-0.3, -0.25) is 28.8 Å². The standard InChI is InChI=1S/C18H27N7O8/c1-8(18(32)33)23-17(31)12(5-13(20)26)25-16(30)11(2-3-14(27)28)24-15(29)10(19)4-9-6-21-7-22-9/h6-8,10-12H,2-5,19H2,1H3,(H2,20,26)(H,21,22)(H,23,31)(H,24,29)(H,25,30)(H,27,28)(H,32,33). The number of nitrogens with two attached hydrogens (primary N) is 2. The number of carbonyl (C=O) groups is 6. The van der Waals surface area contributed by atoms with Crippen molar-refractivity contribution in [1.82, 2.24) is 25.9 Å². The van der Waals surface area contributed by atoms with Crippen LogP contribution in [-0.4, -0.2) is 79.9 Å². The van der Waals surface area contributed by atoms with Gasteiger partial charge in [-0.15, -0.1) is 0 Å². The van der Waals surface area contributed by atoms with Gasteiger partial charge in [-0.25, -0.2) is 4.98 Å². The van der Waals surface area contributed by atoms with Gasteiger partial charge in [0.2, 0.25) is 23.6 Å². The molecule has 0 aliphatic rings. The van der Waals surface area contributed by atoms with E-state index < -0.39 is 72.6 Å². The Hall–Kier alpha value is -4.01. The Kier molecular flexibility index (Phi) is 10.4. The molecule has 4 atom stereocenters. The van der Waals surface area contributed by atoms with Crippen LogP contribution in [0.5, 0.6) is 0 Å². The lowest BCUT2D eigenvalue weighted by Gasteiger charge is -2.24. The third-order valence-corrected chi connectivity index (χ3v) is 4.38. The van der Waals surface area contributed by atoms with E-state index in [1.807, 2.05) is 0 Å². The number of rotatable bonds is 14. The smallest absolute Gasteiger partial charge is 0.325 e. The zero-order valence-electron chi connectivity index (χ0n) is 17.7. The van der Waals surface area contributed by atoms with Crippen LogP contribution in [0.15, 0.2) is 12.5 Å². The second-order valence-corrected chi connectivity index (χ2v) is 7.18. The van der Waals surface area contributed by atoms with E-state index in [4.69, 9.17) is 21.7 Å². The molecule has 0 aliphatic heterocycles.